The highest BCUT2D eigenvalue weighted by Gasteiger charge is 2.39. The van der Waals surface area contributed by atoms with Gasteiger partial charge in [0.1, 0.15) is 33.8 Å². The summed E-state index contributed by atoms with van der Waals surface area (Å²) in [6.45, 7) is 2.23. The number of hydrogen-bond acceptors (Lipinski definition) is 5. The minimum Gasteiger partial charge on any atom is -0.291 e. The van der Waals surface area contributed by atoms with E-state index < -0.39 is 33.0 Å². The molecule has 3 aromatic heterocycles. The predicted octanol–water partition coefficient (Wildman–Crippen LogP) is 5.29. The number of nitrogens with one attached hydrogen (secondary N) is 1. The summed E-state index contributed by atoms with van der Waals surface area (Å²) in [5.74, 6) is -0.254. The molecule has 1 unspecified atom stereocenters. The Kier molecular flexibility index (Phi) is 6.51. The van der Waals surface area contributed by atoms with Crippen LogP contribution < -0.4 is 4.72 Å². The lowest BCUT2D eigenvalue weighted by Gasteiger charge is -2.17. The van der Waals surface area contributed by atoms with Gasteiger partial charge in [-0.05, 0) is 55.8 Å². The molecular formula is C23H16ClF4N5O2S. The monoisotopic (exact) mass is 537 g/mol. The maximum atomic E-state index is 14.4. The van der Waals surface area contributed by atoms with Gasteiger partial charge in [0.15, 0.2) is 0 Å². The van der Waals surface area contributed by atoms with Crippen molar-refractivity contribution in [3.63, 3.8) is 0 Å². The molecule has 0 bridgehead atoms. The smallest absolute Gasteiger partial charge is 0.291 e. The molecule has 0 aliphatic rings. The van der Waals surface area contributed by atoms with Gasteiger partial charge in [-0.15, -0.1) is 0 Å². The van der Waals surface area contributed by atoms with Crippen LogP contribution in [0.1, 0.15) is 18.1 Å². The number of nitriles is 1. The summed E-state index contributed by atoms with van der Waals surface area (Å²) < 4.78 is 80.9. The van der Waals surface area contributed by atoms with Crippen LogP contribution in [0.25, 0.3) is 28.1 Å². The van der Waals surface area contributed by atoms with E-state index in [0.29, 0.717) is 18.0 Å². The van der Waals surface area contributed by atoms with Gasteiger partial charge in [-0.1, -0.05) is 17.7 Å². The number of nitrogens with zero attached hydrogens (tertiary/aromatic N) is 4. The van der Waals surface area contributed by atoms with Gasteiger partial charge in [0.2, 0.25) is 10.0 Å². The van der Waals surface area contributed by atoms with Crippen LogP contribution >= 0.6 is 11.6 Å². The number of aromatic nitrogens is 3. The van der Waals surface area contributed by atoms with E-state index in [4.69, 9.17) is 11.6 Å². The van der Waals surface area contributed by atoms with E-state index in [2.05, 4.69) is 9.97 Å². The van der Waals surface area contributed by atoms with Crippen LogP contribution in [0.3, 0.4) is 0 Å². The maximum absolute atomic E-state index is 14.4. The van der Waals surface area contributed by atoms with Crippen molar-refractivity contribution in [3.8, 4) is 23.3 Å². The van der Waals surface area contributed by atoms with Crippen molar-refractivity contribution in [2.75, 3.05) is 0 Å². The van der Waals surface area contributed by atoms with Gasteiger partial charge in [0.05, 0.1) is 22.5 Å². The minimum atomic E-state index is -4.78. The molecule has 4 rings (SSSR count). The van der Waals surface area contributed by atoms with E-state index in [0.717, 1.165) is 12.3 Å². The molecule has 7 nitrogen and oxygen atoms in total. The van der Waals surface area contributed by atoms with Gasteiger partial charge >= 0.3 is 6.18 Å². The molecule has 0 aliphatic carbocycles. The number of alkyl halides is 3. The first-order valence-corrected chi connectivity index (χ1v) is 12.1. The molecule has 13 heteroatoms. The Morgan fingerprint density at radius 1 is 1.19 bits per heavy atom. The second kappa shape index (κ2) is 9.16. The van der Waals surface area contributed by atoms with Crippen molar-refractivity contribution in [2.45, 2.75) is 31.0 Å². The number of halogens is 5. The Bertz CT molecular complexity index is 1630. The van der Waals surface area contributed by atoms with E-state index in [9.17, 15) is 31.2 Å². The first kappa shape index (κ1) is 25.6. The summed E-state index contributed by atoms with van der Waals surface area (Å²) in [4.78, 5) is 7.88. The van der Waals surface area contributed by atoms with Crippen LogP contribution in [0, 0.1) is 24.1 Å². The van der Waals surface area contributed by atoms with Crippen molar-refractivity contribution in [2.24, 2.45) is 0 Å². The van der Waals surface area contributed by atoms with Crippen LogP contribution in [0.15, 0.2) is 53.6 Å². The fraction of sp³-hybridized carbons (Fsp3) is 0.174. The number of hydrogen-bond donors (Lipinski definition) is 1. The summed E-state index contributed by atoms with van der Waals surface area (Å²) in [5, 5.41) is 10.4. The first-order valence-electron chi connectivity index (χ1n) is 10.3. The lowest BCUT2D eigenvalue weighted by Crippen LogP contribution is -2.42. The average Bonchev–Trinajstić information content (AvgIpc) is 3.11. The Morgan fingerprint density at radius 3 is 2.50 bits per heavy atom. The first-order chi connectivity index (χ1) is 16.8. The molecular weight excluding hydrogens is 522 g/mol. The number of sulfonamides is 1. The standard InChI is InChI=1S/C23H16ClF4N5O2S/c1-12-8-19-15(9-17(12)25)16(10-29)22(33(19)21-5-3-4-20(24)31-21)18-7-6-14(11-30-18)36(34,35)32-13(2)23(26,27)28/h3-9,11,13,32H,1-2H3. The summed E-state index contributed by atoms with van der Waals surface area (Å²) in [6, 6.07) is 9.52. The van der Waals surface area contributed by atoms with Crippen molar-refractivity contribution < 1.29 is 26.0 Å². The number of benzene rings is 1. The summed E-state index contributed by atoms with van der Waals surface area (Å²) in [5.41, 5.74) is 1.05. The van der Waals surface area contributed by atoms with E-state index in [1.165, 1.54) is 22.8 Å². The highest BCUT2D eigenvalue weighted by Crippen LogP contribution is 2.36. The molecule has 0 spiro atoms. The molecule has 0 saturated heterocycles. The van der Waals surface area contributed by atoms with Crippen molar-refractivity contribution >= 4 is 32.5 Å². The van der Waals surface area contributed by atoms with Gasteiger partial charge in [0.25, 0.3) is 0 Å². The molecule has 3 heterocycles. The number of aryl methyl sites for hydroxylation is 1. The van der Waals surface area contributed by atoms with Crippen LogP contribution in [0.2, 0.25) is 5.15 Å². The fourth-order valence-electron chi connectivity index (χ4n) is 3.57. The molecule has 1 atom stereocenters. The second-order valence-electron chi connectivity index (χ2n) is 7.87. The van der Waals surface area contributed by atoms with Crippen LogP contribution in [0.4, 0.5) is 17.6 Å². The van der Waals surface area contributed by atoms with E-state index in [1.807, 2.05) is 6.07 Å². The molecule has 0 fully saturated rings. The van der Waals surface area contributed by atoms with Gasteiger partial charge < -0.3 is 0 Å². The van der Waals surface area contributed by atoms with Gasteiger partial charge in [-0.2, -0.15) is 23.2 Å². The van der Waals surface area contributed by atoms with Crippen LogP contribution in [-0.4, -0.2) is 35.2 Å². The summed E-state index contributed by atoms with van der Waals surface area (Å²) >= 11 is 6.07. The average molecular weight is 538 g/mol. The van der Waals surface area contributed by atoms with E-state index in [1.54, 1.807) is 29.8 Å². The van der Waals surface area contributed by atoms with Crippen LogP contribution in [-0.2, 0) is 10.0 Å². The number of rotatable bonds is 5. The normalized spacial score (nSPS) is 13.1. The summed E-state index contributed by atoms with van der Waals surface area (Å²) in [7, 11) is -4.54. The Morgan fingerprint density at radius 2 is 1.92 bits per heavy atom. The van der Waals surface area contributed by atoms with Gasteiger partial charge in [0, 0.05) is 11.6 Å². The molecule has 0 aliphatic heterocycles. The van der Waals surface area contributed by atoms with Crippen LogP contribution in [0.5, 0.6) is 0 Å². The van der Waals surface area contributed by atoms with Gasteiger partial charge in [-0.3, -0.25) is 9.55 Å². The highest BCUT2D eigenvalue weighted by molar-refractivity contribution is 7.89. The van der Waals surface area contributed by atoms with Crippen molar-refractivity contribution in [3.05, 3.63) is 70.8 Å². The zero-order valence-corrected chi connectivity index (χ0v) is 20.2. The maximum Gasteiger partial charge on any atom is 0.404 e. The molecule has 0 saturated carbocycles. The largest absolute Gasteiger partial charge is 0.404 e. The lowest BCUT2D eigenvalue weighted by molar-refractivity contribution is -0.147. The Balaban J connectivity index is 1.92. The molecule has 4 aromatic rings. The summed E-state index contributed by atoms with van der Waals surface area (Å²) in [6.07, 6.45) is -3.90. The van der Waals surface area contributed by atoms with Crippen molar-refractivity contribution in [1.29, 1.82) is 5.26 Å². The third-order valence-corrected chi connectivity index (χ3v) is 7.14. The minimum absolute atomic E-state index is 0.0394. The van der Waals surface area contributed by atoms with Gasteiger partial charge in [-0.25, -0.2) is 17.8 Å². The molecule has 186 valence electrons. The number of pyridine rings is 2. The molecule has 1 N–H and O–H groups in total. The number of fused-ring (bicyclic) bond motifs is 1. The third kappa shape index (κ3) is 4.65. The Hall–Kier alpha value is -3.53. The molecule has 1 aromatic carbocycles. The SMILES string of the molecule is Cc1cc2c(cc1F)c(C#N)c(-c1ccc(S(=O)(=O)NC(C)C(F)(F)F)cn1)n2-c1cccc(Cl)n1. The molecule has 0 radical (unpaired) electrons. The fourth-order valence-corrected chi connectivity index (χ4v) is 4.91. The van der Waals surface area contributed by atoms with E-state index >= 15 is 0 Å². The second-order valence-corrected chi connectivity index (χ2v) is 9.97. The molecule has 0 amide bonds. The Labute approximate surface area is 208 Å². The van der Waals surface area contributed by atoms with E-state index in [-0.39, 0.29) is 33.3 Å². The topological polar surface area (TPSA) is 101 Å². The lowest BCUT2D eigenvalue weighted by atomic mass is 10.1. The molecule has 36 heavy (non-hydrogen) atoms. The third-order valence-electron chi connectivity index (χ3n) is 5.40. The predicted molar refractivity (Wildman–Crippen MR) is 125 cm³/mol. The van der Waals surface area contributed by atoms with Crippen molar-refractivity contribution in [1.82, 2.24) is 19.3 Å². The zero-order valence-electron chi connectivity index (χ0n) is 18.6. The zero-order chi connectivity index (χ0) is 26.4. The quantitative estimate of drug-likeness (QED) is 0.275. The highest BCUT2D eigenvalue weighted by atomic mass is 35.5.